The summed E-state index contributed by atoms with van der Waals surface area (Å²) >= 11 is 0. The Hall–Kier alpha value is -0.900. The highest BCUT2D eigenvalue weighted by Gasteiger charge is 2.30. The van der Waals surface area contributed by atoms with Gasteiger partial charge in [-0.3, -0.25) is 4.68 Å². The standard InChI is InChI=1S/C9H16N4/c1-9(4-3-5-9)10-6-8-7-11-12-13(8)2/h7,10H,3-6H2,1-2H3. The third-order valence-corrected chi connectivity index (χ3v) is 2.96. The summed E-state index contributed by atoms with van der Waals surface area (Å²) in [6, 6.07) is 0. The van der Waals surface area contributed by atoms with Crippen molar-refractivity contribution >= 4 is 0 Å². The van der Waals surface area contributed by atoms with Gasteiger partial charge in [-0.1, -0.05) is 5.21 Å². The van der Waals surface area contributed by atoms with Gasteiger partial charge in [0.2, 0.25) is 0 Å². The number of nitrogens with one attached hydrogen (secondary N) is 1. The molecule has 1 aromatic rings. The summed E-state index contributed by atoms with van der Waals surface area (Å²) in [5.74, 6) is 0. The summed E-state index contributed by atoms with van der Waals surface area (Å²) in [4.78, 5) is 0. The van der Waals surface area contributed by atoms with E-state index in [1.165, 1.54) is 19.3 Å². The zero-order valence-corrected chi connectivity index (χ0v) is 8.25. The van der Waals surface area contributed by atoms with Crippen LogP contribution in [-0.2, 0) is 13.6 Å². The Kier molecular flexibility index (Phi) is 2.07. The Morgan fingerprint density at radius 3 is 2.85 bits per heavy atom. The van der Waals surface area contributed by atoms with Gasteiger partial charge in [0.05, 0.1) is 11.9 Å². The van der Waals surface area contributed by atoms with Crippen molar-refractivity contribution in [1.82, 2.24) is 20.3 Å². The van der Waals surface area contributed by atoms with Crippen LogP contribution in [0, 0.1) is 0 Å². The molecule has 1 saturated carbocycles. The molecule has 4 nitrogen and oxygen atoms in total. The summed E-state index contributed by atoms with van der Waals surface area (Å²) in [7, 11) is 1.92. The molecule has 0 amide bonds. The molecule has 1 heterocycles. The van der Waals surface area contributed by atoms with Crippen molar-refractivity contribution in [1.29, 1.82) is 0 Å². The summed E-state index contributed by atoms with van der Waals surface area (Å²) < 4.78 is 1.81. The lowest BCUT2D eigenvalue weighted by Crippen LogP contribution is -2.47. The molecule has 2 rings (SSSR count). The molecular formula is C9H16N4. The van der Waals surface area contributed by atoms with Crippen molar-refractivity contribution in [2.75, 3.05) is 0 Å². The highest BCUT2D eigenvalue weighted by molar-refractivity contribution is 4.97. The Bertz CT molecular complexity index is 288. The smallest absolute Gasteiger partial charge is 0.0738 e. The van der Waals surface area contributed by atoms with Gasteiger partial charge in [0.15, 0.2) is 0 Å². The van der Waals surface area contributed by atoms with Gasteiger partial charge < -0.3 is 5.32 Å². The first-order valence-electron chi connectivity index (χ1n) is 4.78. The largest absolute Gasteiger partial charge is 0.306 e. The highest BCUT2D eigenvalue weighted by Crippen LogP contribution is 2.30. The van der Waals surface area contributed by atoms with E-state index in [4.69, 9.17) is 0 Å². The van der Waals surface area contributed by atoms with Gasteiger partial charge in [0.1, 0.15) is 0 Å². The Morgan fingerprint density at radius 2 is 2.38 bits per heavy atom. The third kappa shape index (κ3) is 1.72. The monoisotopic (exact) mass is 180 g/mol. The predicted octanol–water partition coefficient (Wildman–Crippen LogP) is 0.847. The lowest BCUT2D eigenvalue weighted by atomic mass is 9.78. The molecule has 1 N–H and O–H groups in total. The van der Waals surface area contributed by atoms with E-state index >= 15 is 0 Å². The van der Waals surface area contributed by atoms with E-state index in [9.17, 15) is 0 Å². The van der Waals surface area contributed by atoms with Gasteiger partial charge in [-0.05, 0) is 26.2 Å². The fourth-order valence-electron chi connectivity index (χ4n) is 1.66. The second-order valence-corrected chi connectivity index (χ2v) is 4.12. The zero-order valence-electron chi connectivity index (χ0n) is 8.25. The third-order valence-electron chi connectivity index (χ3n) is 2.96. The number of nitrogens with zero attached hydrogens (tertiary/aromatic N) is 3. The molecule has 0 spiro atoms. The van der Waals surface area contributed by atoms with E-state index in [0.717, 1.165) is 12.2 Å². The Morgan fingerprint density at radius 1 is 1.62 bits per heavy atom. The number of aromatic nitrogens is 3. The molecule has 13 heavy (non-hydrogen) atoms. The minimum Gasteiger partial charge on any atom is -0.306 e. The first-order valence-corrected chi connectivity index (χ1v) is 4.78. The van der Waals surface area contributed by atoms with E-state index in [0.29, 0.717) is 5.54 Å². The quantitative estimate of drug-likeness (QED) is 0.749. The van der Waals surface area contributed by atoms with Crippen LogP contribution in [-0.4, -0.2) is 20.5 Å². The summed E-state index contributed by atoms with van der Waals surface area (Å²) in [5, 5.41) is 11.3. The summed E-state index contributed by atoms with van der Waals surface area (Å²) in [5.41, 5.74) is 1.51. The van der Waals surface area contributed by atoms with Gasteiger partial charge in [0.25, 0.3) is 0 Å². The molecule has 1 aliphatic carbocycles. The first-order chi connectivity index (χ1) is 6.20. The van der Waals surface area contributed by atoms with Crippen LogP contribution >= 0.6 is 0 Å². The molecule has 1 aromatic heterocycles. The maximum Gasteiger partial charge on any atom is 0.0738 e. The first kappa shape index (κ1) is 8.69. The maximum absolute atomic E-state index is 3.89. The molecule has 72 valence electrons. The minimum absolute atomic E-state index is 0.365. The van der Waals surface area contributed by atoms with Gasteiger partial charge in [-0.15, -0.1) is 5.10 Å². The summed E-state index contributed by atoms with van der Waals surface area (Å²) in [6.45, 7) is 3.15. The van der Waals surface area contributed by atoms with Crippen molar-refractivity contribution < 1.29 is 0 Å². The minimum atomic E-state index is 0.365. The van der Waals surface area contributed by atoms with Crippen LogP contribution in [0.3, 0.4) is 0 Å². The fraction of sp³-hybridized carbons (Fsp3) is 0.778. The van der Waals surface area contributed by atoms with Crippen LogP contribution in [0.5, 0.6) is 0 Å². The van der Waals surface area contributed by atoms with E-state index in [2.05, 4.69) is 22.6 Å². The number of rotatable bonds is 3. The molecule has 0 saturated heterocycles. The van der Waals surface area contributed by atoms with Gasteiger partial charge in [-0.2, -0.15) is 0 Å². The van der Waals surface area contributed by atoms with Crippen LogP contribution in [0.2, 0.25) is 0 Å². The number of hydrogen-bond acceptors (Lipinski definition) is 3. The highest BCUT2D eigenvalue weighted by atomic mass is 15.4. The lowest BCUT2D eigenvalue weighted by molar-refractivity contribution is 0.205. The lowest BCUT2D eigenvalue weighted by Gasteiger charge is -2.39. The van der Waals surface area contributed by atoms with Crippen LogP contribution in [0.1, 0.15) is 31.9 Å². The van der Waals surface area contributed by atoms with Crippen molar-refractivity contribution in [3.8, 4) is 0 Å². The molecule has 0 unspecified atom stereocenters. The molecule has 0 aromatic carbocycles. The average molecular weight is 180 g/mol. The van der Waals surface area contributed by atoms with E-state index in [1.807, 2.05) is 17.9 Å². The normalized spacial score (nSPS) is 19.8. The van der Waals surface area contributed by atoms with Crippen molar-refractivity contribution in [3.05, 3.63) is 11.9 Å². The number of hydrogen-bond donors (Lipinski definition) is 1. The average Bonchev–Trinajstić information content (AvgIpc) is 2.44. The van der Waals surface area contributed by atoms with Crippen molar-refractivity contribution in [2.24, 2.45) is 7.05 Å². The van der Waals surface area contributed by atoms with Gasteiger partial charge in [-0.25, -0.2) is 0 Å². The SMILES string of the molecule is Cn1nncc1CNC1(C)CCC1. The van der Waals surface area contributed by atoms with Crippen molar-refractivity contribution in [2.45, 2.75) is 38.3 Å². The second kappa shape index (κ2) is 3.10. The molecule has 0 aliphatic heterocycles. The second-order valence-electron chi connectivity index (χ2n) is 4.12. The van der Waals surface area contributed by atoms with Gasteiger partial charge in [0, 0.05) is 19.1 Å². The fourth-order valence-corrected chi connectivity index (χ4v) is 1.66. The molecule has 0 radical (unpaired) electrons. The van der Waals surface area contributed by atoms with Crippen LogP contribution in [0.4, 0.5) is 0 Å². The van der Waals surface area contributed by atoms with Crippen LogP contribution in [0.25, 0.3) is 0 Å². The molecule has 1 fully saturated rings. The molecule has 0 atom stereocenters. The van der Waals surface area contributed by atoms with Gasteiger partial charge >= 0.3 is 0 Å². The Balaban J connectivity index is 1.89. The topological polar surface area (TPSA) is 42.7 Å². The predicted molar refractivity (Wildman–Crippen MR) is 50.1 cm³/mol. The van der Waals surface area contributed by atoms with Crippen LogP contribution < -0.4 is 5.32 Å². The number of aryl methyl sites for hydroxylation is 1. The summed E-state index contributed by atoms with van der Waals surface area (Å²) in [6.07, 6.45) is 5.75. The molecule has 0 bridgehead atoms. The van der Waals surface area contributed by atoms with E-state index in [1.54, 1.807) is 0 Å². The molecule has 4 heteroatoms. The Labute approximate surface area is 78.3 Å². The molecular weight excluding hydrogens is 164 g/mol. The zero-order chi connectivity index (χ0) is 9.31. The van der Waals surface area contributed by atoms with Crippen molar-refractivity contribution in [3.63, 3.8) is 0 Å². The maximum atomic E-state index is 3.89. The molecule has 1 aliphatic rings. The van der Waals surface area contributed by atoms with E-state index < -0.39 is 0 Å². The van der Waals surface area contributed by atoms with Crippen LogP contribution in [0.15, 0.2) is 6.20 Å². The van der Waals surface area contributed by atoms with E-state index in [-0.39, 0.29) is 0 Å².